The molecule has 10 heteroatoms. The predicted molar refractivity (Wildman–Crippen MR) is 128 cm³/mol. The number of furan rings is 1. The second-order valence-corrected chi connectivity index (χ2v) is 9.43. The molecule has 1 aromatic carbocycles. The maximum Gasteiger partial charge on any atom is 0.380 e. The summed E-state index contributed by atoms with van der Waals surface area (Å²) >= 11 is 5.93. The zero-order chi connectivity index (χ0) is 25.2. The zero-order valence-electron chi connectivity index (χ0n) is 19.5. The molecule has 0 spiro atoms. The summed E-state index contributed by atoms with van der Waals surface area (Å²) in [5.74, 6) is -6.01. The van der Waals surface area contributed by atoms with Crippen LogP contribution in [0, 0.1) is 0 Å². The van der Waals surface area contributed by atoms with Crippen molar-refractivity contribution in [3.05, 3.63) is 58.9 Å². The highest BCUT2D eigenvalue weighted by Gasteiger charge is 2.46. The number of carbonyl (C=O) groups excluding carboxylic acids is 1. The number of benzene rings is 1. The highest BCUT2D eigenvalue weighted by molar-refractivity contribution is 6.31. The first-order valence-electron chi connectivity index (χ1n) is 11.5. The van der Waals surface area contributed by atoms with Crippen molar-refractivity contribution < 1.29 is 27.8 Å². The van der Waals surface area contributed by atoms with E-state index in [9.17, 15) is 9.90 Å². The number of aliphatic hydroxyl groups excluding tert-OH is 1. The molecule has 1 aliphatic rings. The van der Waals surface area contributed by atoms with Crippen LogP contribution in [0.15, 0.2) is 47.0 Å². The fourth-order valence-corrected chi connectivity index (χ4v) is 4.34. The van der Waals surface area contributed by atoms with Crippen molar-refractivity contribution in [2.24, 2.45) is 0 Å². The smallest absolute Gasteiger partial charge is 0.380 e. The summed E-state index contributed by atoms with van der Waals surface area (Å²) in [6.07, 6.45) is 2.01. The molecule has 3 heterocycles. The highest BCUT2D eigenvalue weighted by Crippen LogP contribution is 2.34. The van der Waals surface area contributed by atoms with Gasteiger partial charge in [0.25, 0.3) is 5.91 Å². The maximum absolute atomic E-state index is 15.2. The van der Waals surface area contributed by atoms with E-state index in [0.717, 1.165) is 32.0 Å². The Kier molecular flexibility index (Phi) is 7.59. The number of pyridine rings is 1. The van der Waals surface area contributed by atoms with Gasteiger partial charge in [0, 0.05) is 29.2 Å². The minimum Gasteiger partial charge on any atom is -0.475 e. The van der Waals surface area contributed by atoms with Crippen molar-refractivity contribution in [3.63, 3.8) is 0 Å². The summed E-state index contributed by atoms with van der Waals surface area (Å²) in [5.41, 5.74) is 0.599. The van der Waals surface area contributed by atoms with Crippen molar-refractivity contribution in [1.29, 1.82) is 0 Å². The second-order valence-electron chi connectivity index (χ2n) is 8.99. The predicted octanol–water partition coefficient (Wildman–Crippen LogP) is 4.67. The lowest BCUT2D eigenvalue weighted by Crippen LogP contribution is -2.50. The van der Waals surface area contributed by atoms with Crippen molar-refractivity contribution in [1.82, 2.24) is 15.2 Å². The molecule has 0 aliphatic carbocycles. The Morgan fingerprint density at radius 2 is 2.00 bits per heavy atom. The molecule has 0 saturated carbocycles. The number of ether oxygens (including phenoxy) is 1. The van der Waals surface area contributed by atoms with Gasteiger partial charge in [-0.3, -0.25) is 4.79 Å². The average molecular weight is 508 g/mol. The summed E-state index contributed by atoms with van der Waals surface area (Å²) in [6.45, 7) is 5.42. The van der Waals surface area contributed by atoms with E-state index in [1.807, 2.05) is 18.7 Å². The Balaban J connectivity index is 1.57. The van der Waals surface area contributed by atoms with Crippen molar-refractivity contribution in [2.75, 3.05) is 19.6 Å². The number of aromatic nitrogens is 1. The van der Waals surface area contributed by atoms with Gasteiger partial charge < -0.3 is 24.5 Å². The summed E-state index contributed by atoms with van der Waals surface area (Å²) in [7, 11) is 0. The largest absolute Gasteiger partial charge is 0.475 e. The van der Waals surface area contributed by atoms with E-state index < -0.39 is 29.7 Å². The Morgan fingerprint density at radius 3 is 2.71 bits per heavy atom. The van der Waals surface area contributed by atoms with Crippen LogP contribution in [-0.4, -0.2) is 52.7 Å². The van der Waals surface area contributed by atoms with Crippen LogP contribution in [0.2, 0.25) is 5.02 Å². The van der Waals surface area contributed by atoms with Gasteiger partial charge in [0.1, 0.15) is 11.7 Å². The molecule has 1 amide bonds. The van der Waals surface area contributed by atoms with Gasteiger partial charge in [-0.25, -0.2) is 4.98 Å². The van der Waals surface area contributed by atoms with Crippen LogP contribution in [0.5, 0.6) is 5.88 Å². The molecule has 7 nitrogen and oxygen atoms in total. The van der Waals surface area contributed by atoms with Crippen molar-refractivity contribution >= 4 is 28.5 Å². The van der Waals surface area contributed by atoms with Crippen LogP contribution in [0.3, 0.4) is 0 Å². The third kappa shape index (κ3) is 5.91. The number of amides is 1. The third-order valence-corrected chi connectivity index (χ3v) is 6.12. The minimum absolute atomic E-state index is 0.132. The maximum atomic E-state index is 15.2. The fraction of sp³-hybridized carbons (Fsp3) is 0.440. The number of rotatable bonds is 9. The molecule has 2 unspecified atom stereocenters. The molecule has 2 aromatic heterocycles. The molecule has 2 N–H and O–H groups in total. The lowest BCUT2D eigenvalue weighted by atomic mass is 10.0. The van der Waals surface area contributed by atoms with Gasteiger partial charge in [0.05, 0.1) is 12.1 Å². The van der Waals surface area contributed by atoms with E-state index in [1.54, 1.807) is 12.1 Å². The average Bonchev–Trinajstić information content (AvgIpc) is 3.47. The number of hydrogen-bond acceptors (Lipinski definition) is 6. The first-order chi connectivity index (χ1) is 16.6. The third-order valence-electron chi connectivity index (χ3n) is 5.88. The van der Waals surface area contributed by atoms with E-state index >= 15 is 8.78 Å². The Hall–Kier alpha value is -2.75. The summed E-state index contributed by atoms with van der Waals surface area (Å²) in [4.78, 5) is 19.0. The summed E-state index contributed by atoms with van der Waals surface area (Å²) in [6, 6.07) is 7.69. The number of nitrogens with zero attached hydrogens (tertiary/aromatic N) is 2. The molecule has 1 saturated heterocycles. The minimum atomic E-state index is -3.96. The Bertz CT molecular complexity index is 1180. The molecular weight excluding hydrogens is 480 g/mol. The number of nitrogens with one attached hydrogen (secondary N) is 1. The number of aliphatic hydroxyl groups is 1. The number of halogens is 3. The van der Waals surface area contributed by atoms with Gasteiger partial charge in [0.15, 0.2) is 5.76 Å². The van der Waals surface area contributed by atoms with Gasteiger partial charge in [-0.15, -0.1) is 0 Å². The van der Waals surface area contributed by atoms with Crippen molar-refractivity contribution in [3.8, 4) is 5.88 Å². The van der Waals surface area contributed by atoms with Gasteiger partial charge in [-0.05, 0) is 75.7 Å². The highest BCUT2D eigenvalue weighted by atomic mass is 35.5. The molecule has 3 aromatic rings. The molecule has 2 atom stereocenters. The van der Waals surface area contributed by atoms with Crippen LogP contribution >= 0.6 is 11.6 Å². The van der Waals surface area contributed by atoms with Gasteiger partial charge in [0.2, 0.25) is 5.88 Å². The monoisotopic (exact) mass is 507 g/mol. The van der Waals surface area contributed by atoms with E-state index in [1.165, 1.54) is 24.4 Å². The van der Waals surface area contributed by atoms with Crippen molar-refractivity contribution in [2.45, 2.75) is 50.9 Å². The van der Waals surface area contributed by atoms with Crippen LogP contribution in [0.25, 0.3) is 11.0 Å². The topological polar surface area (TPSA) is 87.8 Å². The van der Waals surface area contributed by atoms with Gasteiger partial charge >= 0.3 is 5.92 Å². The van der Waals surface area contributed by atoms with Gasteiger partial charge in [-0.2, -0.15) is 8.78 Å². The molecule has 35 heavy (non-hydrogen) atoms. The standard InChI is InChI=1S/C25H28ClF2N3O4/c1-15(2)34-22-13-16(7-8-29-22)23(32)19(14-31-9-3-4-10-31)30-24(33)25(27,28)21-12-17-11-18(26)5-6-20(17)35-21/h5-8,11-13,15,19,23,32H,3-4,9-10,14H2,1-2H3,(H,30,33). The molecule has 1 fully saturated rings. The second kappa shape index (κ2) is 10.5. The van der Waals surface area contributed by atoms with E-state index in [-0.39, 0.29) is 18.2 Å². The number of hydrogen-bond donors (Lipinski definition) is 2. The molecule has 0 bridgehead atoms. The number of likely N-dealkylation sites (tertiary alicyclic amines) is 1. The van der Waals surface area contributed by atoms with Crippen LogP contribution in [0.4, 0.5) is 8.78 Å². The normalized spacial score (nSPS) is 16.5. The van der Waals surface area contributed by atoms with Crippen LogP contribution in [0.1, 0.15) is 44.1 Å². The lowest BCUT2D eigenvalue weighted by Gasteiger charge is -2.29. The SMILES string of the molecule is CC(C)Oc1cc(C(O)C(CN2CCCC2)NC(=O)C(F)(F)c2cc3cc(Cl)ccc3o2)ccn1. The van der Waals surface area contributed by atoms with E-state index in [0.29, 0.717) is 21.9 Å². The zero-order valence-corrected chi connectivity index (χ0v) is 20.3. The van der Waals surface area contributed by atoms with Crippen LogP contribution < -0.4 is 10.1 Å². The molecule has 0 radical (unpaired) electrons. The number of fused-ring (bicyclic) bond motifs is 1. The van der Waals surface area contributed by atoms with Crippen LogP contribution in [-0.2, 0) is 10.7 Å². The Labute approximate surface area is 207 Å². The van der Waals surface area contributed by atoms with E-state index in [2.05, 4.69) is 10.3 Å². The quantitative estimate of drug-likeness (QED) is 0.437. The number of carbonyl (C=O) groups is 1. The number of alkyl halides is 2. The molecule has 4 rings (SSSR count). The molecular formula is C25H28ClF2N3O4. The molecule has 188 valence electrons. The lowest BCUT2D eigenvalue weighted by molar-refractivity contribution is -0.151. The first kappa shape index (κ1) is 25.3. The summed E-state index contributed by atoms with van der Waals surface area (Å²) < 4.78 is 41.2. The first-order valence-corrected chi connectivity index (χ1v) is 11.9. The Morgan fingerprint density at radius 1 is 1.26 bits per heavy atom. The summed E-state index contributed by atoms with van der Waals surface area (Å²) in [5, 5.41) is 14.2. The molecule has 1 aliphatic heterocycles. The fourth-order valence-electron chi connectivity index (χ4n) is 4.15. The van der Waals surface area contributed by atoms with Gasteiger partial charge in [-0.1, -0.05) is 11.6 Å². The van der Waals surface area contributed by atoms with E-state index in [4.69, 9.17) is 20.8 Å².